The van der Waals surface area contributed by atoms with E-state index in [-0.39, 0.29) is 11.2 Å². The third kappa shape index (κ3) is 5.84. The molecule has 4 aromatic rings. The van der Waals surface area contributed by atoms with Crippen LogP contribution < -0.4 is 5.32 Å². The molecule has 3 aromatic heterocycles. The number of Topliss-reactive ketones (excluding diaryl/α,β-unsaturated/α-hetero) is 1. The summed E-state index contributed by atoms with van der Waals surface area (Å²) in [5, 5.41) is 8.95. The largest absolute Gasteiger partial charge is 0.307 e. The summed E-state index contributed by atoms with van der Waals surface area (Å²) in [4.78, 5) is 29.5. The van der Waals surface area contributed by atoms with Crippen LogP contribution in [0.3, 0.4) is 0 Å². The number of nitrogens with one attached hydrogen (secondary N) is 1. The summed E-state index contributed by atoms with van der Waals surface area (Å²) in [5.41, 5.74) is 5.33. The molecule has 198 valence electrons. The van der Waals surface area contributed by atoms with Gasteiger partial charge in [0.2, 0.25) is 5.95 Å². The predicted octanol–water partition coefficient (Wildman–Crippen LogP) is 5.80. The van der Waals surface area contributed by atoms with Crippen LogP contribution in [0.15, 0.2) is 42.7 Å². The highest BCUT2D eigenvalue weighted by atomic mass is 32.1. The van der Waals surface area contributed by atoms with E-state index in [2.05, 4.69) is 88.8 Å². The lowest BCUT2D eigenvalue weighted by molar-refractivity contribution is 0.0986. The van der Waals surface area contributed by atoms with Crippen molar-refractivity contribution in [3.8, 4) is 11.3 Å². The number of ketones is 1. The van der Waals surface area contributed by atoms with Gasteiger partial charge in [-0.15, -0.1) is 11.3 Å². The monoisotopic (exact) mass is 529 g/mol. The van der Waals surface area contributed by atoms with Gasteiger partial charge in [-0.3, -0.25) is 14.4 Å². The van der Waals surface area contributed by atoms with Gasteiger partial charge in [0, 0.05) is 48.9 Å². The van der Waals surface area contributed by atoms with Crippen LogP contribution in [0.4, 0.5) is 11.8 Å². The number of carbonyl (C=O) groups excluding carboxylic acids is 1. The Hall–Kier alpha value is -3.43. The second kappa shape index (κ2) is 10.7. The zero-order chi connectivity index (χ0) is 26.9. The van der Waals surface area contributed by atoms with Crippen LogP contribution in [0, 0.1) is 6.92 Å². The van der Waals surface area contributed by atoms with Crippen LogP contribution >= 0.6 is 11.3 Å². The smallest absolute Gasteiger partial charge is 0.228 e. The van der Waals surface area contributed by atoms with Gasteiger partial charge in [-0.1, -0.05) is 39.8 Å². The van der Waals surface area contributed by atoms with Gasteiger partial charge in [-0.2, -0.15) is 5.10 Å². The molecule has 5 rings (SSSR count). The van der Waals surface area contributed by atoms with E-state index in [1.54, 1.807) is 12.4 Å². The molecule has 1 N–H and O–H groups in total. The lowest BCUT2D eigenvalue weighted by Gasteiger charge is -2.25. The van der Waals surface area contributed by atoms with Crippen molar-refractivity contribution in [2.24, 2.45) is 0 Å². The fraction of sp³-hybridized carbons (Fsp3) is 0.414. The number of fused-ring (bicyclic) bond motifs is 1. The molecule has 0 bridgehead atoms. The van der Waals surface area contributed by atoms with E-state index in [0.717, 1.165) is 58.7 Å². The molecule has 38 heavy (non-hydrogen) atoms. The molecule has 0 aliphatic carbocycles. The molecule has 4 heterocycles. The number of rotatable bonds is 8. The quantitative estimate of drug-likeness (QED) is 0.289. The third-order valence-electron chi connectivity index (χ3n) is 6.90. The van der Waals surface area contributed by atoms with Gasteiger partial charge < -0.3 is 5.32 Å². The molecule has 0 radical (unpaired) electrons. The van der Waals surface area contributed by atoms with Crippen LogP contribution in [-0.4, -0.2) is 48.5 Å². The minimum absolute atomic E-state index is 0.0410. The fourth-order valence-corrected chi connectivity index (χ4v) is 5.54. The number of carbonyl (C=O) groups is 1. The van der Waals surface area contributed by atoms with Gasteiger partial charge in [0.15, 0.2) is 11.6 Å². The molecule has 0 fully saturated rings. The summed E-state index contributed by atoms with van der Waals surface area (Å²) >= 11 is 1.51. The minimum Gasteiger partial charge on any atom is -0.307 e. The highest BCUT2D eigenvalue weighted by Gasteiger charge is 2.21. The van der Waals surface area contributed by atoms with Crippen LogP contribution in [0.1, 0.15) is 65.6 Å². The zero-order valence-corrected chi connectivity index (χ0v) is 23.6. The molecule has 8 nitrogen and oxygen atoms in total. The van der Waals surface area contributed by atoms with Gasteiger partial charge in [-0.25, -0.2) is 15.0 Å². The summed E-state index contributed by atoms with van der Waals surface area (Å²) in [6.07, 6.45) is 4.66. The first-order chi connectivity index (χ1) is 18.2. The van der Waals surface area contributed by atoms with Gasteiger partial charge in [-0.05, 0) is 43.1 Å². The fourth-order valence-electron chi connectivity index (χ4n) is 4.60. The molecule has 0 saturated heterocycles. The van der Waals surface area contributed by atoms with Gasteiger partial charge in [0.25, 0.3) is 0 Å². The van der Waals surface area contributed by atoms with Crippen molar-refractivity contribution < 1.29 is 4.79 Å². The molecular weight excluding hydrogens is 494 g/mol. The Bertz CT molecular complexity index is 1450. The lowest BCUT2D eigenvalue weighted by Crippen LogP contribution is -2.33. The van der Waals surface area contributed by atoms with Crippen LogP contribution in [0.5, 0.6) is 0 Å². The molecule has 0 saturated carbocycles. The Balaban J connectivity index is 1.24. The summed E-state index contributed by atoms with van der Waals surface area (Å²) < 4.78 is 2.06. The number of likely N-dealkylation sites (N-methyl/N-ethyl adjacent to an activating group) is 1. The van der Waals surface area contributed by atoms with Gasteiger partial charge in [0.05, 0.1) is 27.8 Å². The molecule has 1 aliphatic rings. The Morgan fingerprint density at radius 3 is 2.71 bits per heavy atom. The van der Waals surface area contributed by atoms with E-state index >= 15 is 0 Å². The second-order valence-corrected chi connectivity index (χ2v) is 11.9. The Kier molecular flexibility index (Phi) is 7.40. The zero-order valence-electron chi connectivity index (χ0n) is 22.8. The average molecular weight is 530 g/mol. The molecular formula is C29H35N7OS. The van der Waals surface area contributed by atoms with Crippen molar-refractivity contribution in [3.63, 3.8) is 0 Å². The van der Waals surface area contributed by atoms with E-state index in [1.807, 2.05) is 6.07 Å². The molecule has 1 aromatic carbocycles. The van der Waals surface area contributed by atoms with E-state index in [1.165, 1.54) is 22.6 Å². The van der Waals surface area contributed by atoms with Crippen LogP contribution in [-0.2, 0) is 24.9 Å². The number of nitrogens with zero attached hydrogens (tertiary/aromatic N) is 6. The van der Waals surface area contributed by atoms with E-state index in [4.69, 9.17) is 4.98 Å². The van der Waals surface area contributed by atoms with Crippen molar-refractivity contribution >= 4 is 28.9 Å². The Morgan fingerprint density at radius 1 is 1.13 bits per heavy atom. The molecule has 0 spiro atoms. The molecule has 1 aliphatic heterocycles. The maximum absolute atomic E-state index is 12.8. The Labute approximate surface area is 228 Å². The predicted molar refractivity (Wildman–Crippen MR) is 152 cm³/mol. The first-order valence-electron chi connectivity index (χ1n) is 13.2. The number of hydrogen-bond donors (Lipinski definition) is 1. The highest BCUT2D eigenvalue weighted by molar-refractivity contribution is 7.13. The number of aryl methyl sites for hydroxylation is 2. The summed E-state index contributed by atoms with van der Waals surface area (Å²) in [6.45, 7) is 14.5. The first kappa shape index (κ1) is 26.2. The number of thiazole rings is 1. The van der Waals surface area contributed by atoms with Gasteiger partial charge in [0.1, 0.15) is 0 Å². The normalized spacial score (nSPS) is 13.9. The lowest BCUT2D eigenvalue weighted by atomic mass is 9.98. The van der Waals surface area contributed by atoms with Crippen LogP contribution in [0.25, 0.3) is 11.3 Å². The molecule has 0 unspecified atom stereocenters. The maximum Gasteiger partial charge on any atom is 0.228 e. The number of anilines is 2. The highest BCUT2D eigenvalue weighted by Crippen LogP contribution is 2.28. The minimum atomic E-state index is -0.0410. The maximum atomic E-state index is 12.8. The first-order valence-corrected chi connectivity index (χ1v) is 14.0. The molecule has 0 atom stereocenters. The Morgan fingerprint density at radius 2 is 1.97 bits per heavy atom. The topological polar surface area (TPSA) is 88.8 Å². The van der Waals surface area contributed by atoms with Crippen molar-refractivity contribution in [1.29, 1.82) is 0 Å². The van der Waals surface area contributed by atoms with Crippen LogP contribution in [0.2, 0.25) is 0 Å². The summed E-state index contributed by atoms with van der Waals surface area (Å²) in [6, 6.07) is 10.3. The molecule has 0 amide bonds. The number of aromatic nitrogens is 5. The van der Waals surface area contributed by atoms with Crippen molar-refractivity contribution in [2.45, 2.75) is 66.0 Å². The van der Waals surface area contributed by atoms with Crippen molar-refractivity contribution in [2.75, 3.05) is 18.4 Å². The second-order valence-electron chi connectivity index (χ2n) is 10.8. The van der Waals surface area contributed by atoms with Gasteiger partial charge >= 0.3 is 0 Å². The SMILES string of the molecule is CCN1CCn2nc(Nc3nccc(-c4ccc(CCC(=O)c5cnc(C(C)(C)C)s5)c(C)c4)n3)cc2C1. The number of benzene rings is 1. The number of hydrogen-bond acceptors (Lipinski definition) is 8. The van der Waals surface area contributed by atoms with E-state index in [9.17, 15) is 4.79 Å². The molecule has 9 heteroatoms. The average Bonchev–Trinajstić information content (AvgIpc) is 3.55. The third-order valence-corrected chi connectivity index (χ3v) is 8.37. The summed E-state index contributed by atoms with van der Waals surface area (Å²) in [7, 11) is 0. The van der Waals surface area contributed by atoms with Crippen molar-refractivity contribution in [3.05, 3.63) is 69.4 Å². The summed E-state index contributed by atoms with van der Waals surface area (Å²) in [5.74, 6) is 1.44. The van der Waals surface area contributed by atoms with Crippen molar-refractivity contribution in [1.82, 2.24) is 29.6 Å². The van der Waals surface area contributed by atoms with E-state index in [0.29, 0.717) is 18.8 Å². The van der Waals surface area contributed by atoms with E-state index < -0.39 is 0 Å². The standard InChI is InChI=1S/C29H35N7OS/c1-6-35-13-14-36-22(18-35)16-26(34-36)33-28-30-12-11-23(32-28)21-8-7-20(19(2)15-21)9-10-24(37)25-17-31-27(38-25)29(3,4)5/h7-8,11-12,15-17H,6,9-10,13-14,18H2,1-5H3,(H,30,32,33,34).